The molecule has 0 bridgehead atoms. The van der Waals surface area contributed by atoms with Crippen molar-refractivity contribution in [1.29, 1.82) is 0 Å². The van der Waals surface area contributed by atoms with Crippen LogP contribution < -0.4 is 0 Å². The predicted octanol–water partition coefficient (Wildman–Crippen LogP) is 6.87. The third-order valence-electron chi connectivity index (χ3n) is 6.43. The standard InChI is InChI=1S/C30H39NO4S/c1-9-21-13-19(4)14-22(10-2)26(21)27-24(35-29(33)30(6,7)8)15-23(34-28(27)32)20(5)17-36-25-12-11-18(3)16-31-25/h11-14,16,20,23H,9-10,15,17H2,1-8H3. The number of aromatic nitrogens is 1. The zero-order valence-electron chi connectivity index (χ0n) is 22.9. The van der Waals surface area contributed by atoms with Gasteiger partial charge in [-0.1, -0.05) is 44.5 Å². The third kappa shape index (κ3) is 6.58. The lowest BCUT2D eigenvalue weighted by Crippen LogP contribution is -2.35. The van der Waals surface area contributed by atoms with Gasteiger partial charge in [-0.15, -0.1) is 11.8 Å². The molecule has 0 radical (unpaired) electrons. The summed E-state index contributed by atoms with van der Waals surface area (Å²) in [6.45, 7) is 15.8. The number of hydrogen-bond donors (Lipinski definition) is 0. The van der Waals surface area contributed by atoms with Gasteiger partial charge in [-0.05, 0) is 75.8 Å². The number of thioether (sulfide) groups is 1. The smallest absolute Gasteiger partial charge is 0.342 e. The van der Waals surface area contributed by atoms with Crippen molar-refractivity contribution in [2.24, 2.45) is 11.3 Å². The van der Waals surface area contributed by atoms with E-state index in [0.29, 0.717) is 17.8 Å². The van der Waals surface area contributed by atoms with Gasteiger partial charge >= 0.3 is 11.9 Å². The number of carbonyl (C=O) groups excluding carboxylic acids is 2. The molecule has 2 aromatic rings. The average Bonchev–Trinajstić information content (AvgIpc) is 2.82. The van der Waals surface area contributed by atoms with Crippen LogP contribution in [0.2, 0.25) is 0 Å². The van der Waals surface area contributed by atoms with Crippen LogP contribution in [0.4, 0.5) is 0 Å². The fraction of sp³-hybridized carbons (Fsp3) is 0.500. The number of carbonyl (C=O) groups is 2. The van der Waals surface area contributed by atoms with Crippen molar-refractivity contribution >= 4 is 29.3 Å². The zero-order valence-corrected chi connectivity index (χ0v) is 23.7. The molecule has 0 fully saturated rings. The number of rotatable bonds is 8. The molecule has 0 amide bonds. The van der Waals surface area contributed by atoms with Gasteiger partial charge in [0.2, 0.25) is 0 Å². The van der Waals surface area contributed by atoms with E-state index in [1.165, 1.54) is 0 Å². The van der Waals surface area contributed by atoms with Gasteiger partial charge in [-0.3, -0.25) is 4.79 Å². The molecule has 0 saturated heterocycles. The first-order valence-corrected chi connectivity index (χ1v) is 13.8. The molecule has 0 saturated carbocycles. The molecule has 0 spiro atoms. The molecule has 3 rings (SSSR count). The Kier molecular flexibility index (Phi) is 9.04. The van der Waals surface area contributed by atoms with E-state index in [9.17, 15) is 9.59 Å². The Morgan fingerprint density at radius 1 is 1.14 bits per heavy atom. The molecule has 6 heteroatoms. The Bertz CT molecular complexity index is 1120. The van der Waals surface area contributed by atoms with Crippen molar-refractivity contribution in [2.75, 3.05) is 5.75 Å². The highest BCUT2D eigenvalue weighted by molar-refractivity contribution is 7.99. The molecule has 2 atom stereocenters. The molecule has 2 heterocycles. The van der Waals surface area contributed by atoms with Gasteiger partial charge in [0.1, 0.15) is 17.4 Å². The van der Waals surface area contributed by atoms with Crippen LogP contribution >= 0.6 is 11.8 Å². The Morgan fingerprint density at radius 2 is 1.78 bits per heavy atom. The summed E-state index contributed by atoms with van der Waals surface area (Å²) in [6.07, 6.45) is 3.36. The maximum absolute atomic E-state index is 13.6. The Labute approximate surface area is 220 Å². The van der Waals surface area contributed by atoms with Crippen LogP contribution in [0, 0.1) is 25.2 Å². The molecule has 1 aliphatic heterocycles. The summed E-state index contributed by atoms with van der Waals surface area (Å²) >= 11 is 1.64. The number of nitrogens with zero attached hydrogens (tertiary/aromatic N) is 1. The van der Waals surface area contributed by atoms with E-state index >= 15 is 0 Å². The van der Waals surface area contributed by atoms with E-state index < -0.39 is 11.4 Å². The quantitative estimate of drug-likeness (QED) is 0.286. The molecule has 2 unspecified atom stereocenters. The number of pyridine rings is 1. The minimum absolute atomic E-state index is 0.0428. The van der Waals surface area contributed by atoms with Gasteiger partial charge in [-0.25, -0.2) is 9.78 Å². The van der Waals surface area contributed by atoms with Gasteiger partial charge in [0, 0.05) is 24.3 Å². The molecule has 36 heavy (non-hydrogen) atoms. The number of cyclic esters (lactones) is 1. The minimum atomic E-state index is -0.692. The lowest BCUT2D eigenvalue weighted by atomic mass is 9.86. The largest absolute Gasteiger partial charge is 0.458 e. The molecule has 1 aromatic heterocycles. The molecular formula is C30H39NO4S. The summed E-state index contributed by atoms with van der Waals surface area (Å²) in [6, 6.07) is 8.26. The minimum Gasteiger partial charge on any atom is -0.458 e. The molecule has 194 valence electrons. The predicted molar refractivity (Wildman–Crippen MR) is 146 cm³/mol. The molecule has 1 aliphatic rings. The molecule has 1 aromatic carbocycles. The van der Waals surface area contributed by atoms with Crippen molar-refractivity contribution in [2.45, 2.75) is 85.8 Å². The summed E-state index contributed by atoms with van der Waals surface area (Å²) in [5, 5.41) is 0.935. The molecular weight excluding hydrogens is 470 g/mol. The normalized spacial score (nSPS) is 17.1. The van der Waals surface area contributed by atoms with Crippen LogP contribution in [0.3, 0.4) is 0 Å². The summed E-state index contributed by atoms with van der Waals surface area (Å²) < 4.78 is 12.0. The first-order valence-electron chi connectivity index (χ1n) is 12.8. The Hall–Kier alpha value is -2.60. The summed E-state index contributed by atoms with van der Waals surface area (Å²) in [5.41, 5.74) is 4.96. The van der Waals surface area contributed by atoms with E-state index in [0.717, 1.165) is 51.4 Å². The van der Waals surface area contributed by atoms with E-state index in [-0.39, 0.29) is 18.0 Å². The second-order valence-electron chi connectivity index (χ2n) is 10.7. The van der Waals surface area contributed by atoms with Gasteiger partial charge in [-0.2, -0.15) is 0 Å². The first-order chi connectivity index (χ1) is 16.9. The van der Waals surface area contributed by atoms with Crippen LogP contribution in [0.25, 0.3) is 5.57 Å². The van der Waals surface area contributed by atoms with E-state index in [2.05, 4.69) is 44.8 Å². The number of aryl methyl sites for hydroxylation is 4. The lowest BCUT2D eigenvalue weighted by Gasteiger charge is -2.32. The van der Waals surface area contributed by atoms with Crippen LogP contribution in [-0.4, -0.2) is 28.8 Å². The second kappa shape index (κ2) is 11.6. The highest BCUT2D eigenvalue weighted by atomic mass is 32.2. The average molecular weight is 510 g/mol. The maximum Gasteiger partial charge on any atom is 0.342 e. The van der Waals surface area contributed by atoms with E-state index in [1.807, 2.05) is 46.0 Å². The zero-order chi connectivity index (χ0) is 26.6. The lowest BCUT2D eigenvalue weighted by molar-refractivity contribution is -0.152. The van der Waals surface area contributed by atoms with Crippen molar-refractivity contribution in [3.05, 3.63) is 64.0 Å². The van der Waals surface area contributed by atoms with Gasteiger partial charge in [0.25, 0.3) is 0 Å². The highest BCUT2D eigenvalue weighted by Gasteiger charge is 2.38. The second-order valence-corrected chi connectivity index (χ2v) is 11.8. The van der Waals surface area contributed by atoms with Gasteiger partial charge < -0.3 is 9.47 Å². The van der Waals surface area contributed by atoms with Crippen LogP contribution in [0.15, 0.2) is 41.2 Å². The maximum atomic E-state index is 13.6. The molecule has 0 N–H and O–H groups in total. The molecule has 5 nitrogen and oxygen atoms in total. The van der Waals surface area contributed by atoms with E-state index in [4.69, 9.17) is 9.47 Å². The third-order valence-corrected chi connectivity index (χ3v) is 7.66. The number of benzene rings is 1. The monoisotopic (exact) mass is 509 g/mol. The summed E-state index contributed by atoms with van der Waals surface area (Å²) in [7, 11) is 0. The SMILES string of the molecule is CCc1cc(C)cc(CC)c1C1=C(OC(=O)C(C)(C)C)CC(C(C)CSc2ccc(C)cn2)OC1=O. The summed E-state index contributed by atoms with van der Waals surface area (Å²) in [4.78, 5) is 31.0. The van der Waals surface area contributed by atoms with Crippen LogP contribution in [-0.2, 0) is 31.9 Å². The van der Waals surface area contributed by atoms with Crippen molar-refractivity contribution in [1.82, 2.24) is 4.98 Å². The van der Waals surface area contributed by atoms with Crippen molar-refractivity contribution in [3.8, 4) is 0 Å². The number of hydrogen-bond acceptors (Lipinski definition) is 6. The number of esters is 2. The van der Waals surface area contributed by atoms with Gasteiger partial charge in [0.15, 0.2) is 0 Å². The van der Waals surface area contributed by atoms with E-state index in [1.54, 1.807) is 11.8 Å². The van der Waals surface area contributed by atoms with Crippen LogP contribution in [0.5, 0.6) is 0 Å². The fourth-order valence-corrected chi connectivity index (χ4v) is 5.18. The van der Waals surface area contributed by atoms with Crippen LogP contribution in [0.1, 0.15) is 75.8 Å². The van der Waals surface area contributed by atoms with Gasteiger partial charge in [0.05, 0.1) is 10.4 Å². The topological polar surface area (TPSA) is 65.5 Å². The fourth-order valence-electron chi connectivity index (χ4n) is 4.24. The number of ether oxygens (including phenoxy) is 2. The van der Waals surface area contributed by atoms with Crippen molar-refractivity contribution in [3.63, 3.8) is 0 Å². The first kappa shape index (κ1) is 28.0. The van der Waals surface area contributed by atoms with Crippen molar-refractivity contribution < 1.29 is 19.1 Å². The Morgan fingerprint density at radius 3 is 2.31 bits per heavy atom. The summed E-state index contributed by atoms with van der Waals surface area (Å²) in [5.74, 6) is 0.435. The Balaban J connectivity index is 1.99. The molecule has 0 aliphatic carbocycles. The highest BCUT2D eigenvalue weighted by Crippen LogP contribution is 2.38.